The molecule has 0 saturated carbocycles. The third-order valence-corrected chi connectivity index (χ3v) is 8.38. The summed E-state index contributed by atoms with van der Waals surface area (Å²) in [5, 5.41) is 15.2. The third kappa shape index (κ3) is 11.2. The van der Waals surface area contributed by atoms with E-state index in [9.17, 15) is 33.6 Å². The lowest BCUT2D eigenvalue weighted by molar-refractivity contribution is -0.134. The Bertz CT molecular complexity index is 1150. The quantitative estimate of drug-likeness (QED) is 0.154. The molecule has 0 aromatic carbocycles. The number of nitrogens with zero attached hydrogens (tertiary/aromatic N) is 1. The van der Waals surface area contributed by atoms with Crippen molar-refractivity contribution >= 4 is 62.9 Å². The monoisotopic (exact) mass is 627 g/mol. The highest BCUT2D eigenvalue weighted by Gasteiger charge is 2.32. The molecule has 0 bridgehead atoms. The van der Waals surface area contributed by atoms with Crippen molar-refractivity contribution in [3.8, 4) is 0 Å². The summed E-state index contributed by atoms with van der Waals surface area (Å²) < 4.78 is 0. The number of imidazole rings is 1. The fourth-order valence-corrected chi connectivity index (χ4v) is 6.01. The summed E-state index contributed by atoms with van der Waals surface area (Å²) in [7, 11) is 2.27. The molecule has 1 unspecified atom stereocenters. The minimum atomic E-state index is -1.17. The normalized spacial score (nSPS) is 25.7. The molecule has 1 fully saturated rings. The average molecular weight is 628 g/mol. The van der Waals surface area contributed by atoms with Crippen molar-refractivity contribution in [3.05, 3.63) is 18.2 Å². The number of carbonyl (C=O) groups excluding carboxylic acids is 7. The number of aromatic nitrogens is 2. The minimum absolute atomic E-state index is 0.00995. The van der Waals surface area contributed by atoms with Crippen LogP contribution in [0.25, 0.3) is 0 Å². The first kappa shape index (κ1) is 34.4. The highest BCUT2D eigenvalue weighted by atomic mass is 33.1. The van der Waals surface area contributed by atoms with Gasteiger partial charge in [0, 0.05) is 36.7 Å². The molecule has 232 valence electrons. The van der Waals surface area contributed by atoms with Gasteiger partial charge in [-0.15, -0.1) is 0 Å². The van der Waals surface area contributed by atoms with Crippen molar-refractivity contribution in [3.63, 3.8) is 0 Å². The van der Waals surface area contributed by atoms with Gasteiger partial charge in [0.25, 0.3) is 0 Å². The van der Waals surface area contributed by atoms with Crippen molar-refractivity contribution in [2.75, 3.05) is 18.1 Å². The predicted octanol–water partition coefficient (Wildman–Crippen LogP) is -2.93. The lowest BCUT2D eigenvalue weighted by atomic mass is 10.0. The Morgan fingerprint density at radius 3 is 2.29 bits per heavy atom. The fraction of sp³-hybridized carbons (Fsp3) is 0.583. The number of rotatable bonds is 5. The zero-order valence-electron chi connectivity index (χ0n) is 23.6. The Hall–Kier alpha value is -3.80. The van der Waals surface area contributed by atoms with Crippen LogP contribution in [0.3, 0.4) is 0 Å². The van der Waals surface area contributed by atoms with Gasteiger partial charge in [-0.3, -0.25) is 33.6 Å². The van der Waals surface area contributed by atoms with Crippen LogP contribution in [0.4, 0.5) is 0 Å². The maximum Gasteiger partial charge on any atom is 0.244 e. The van der Waals surface area contributed by atoms with Crippen molar-refractivity contribution in [1.29, 1.82) is 0 Å². The molecule has 1 aliphatic rings. The molecule has 1 aromatic rings. The van der Waals surface area contributed by atoms with Gasteiger partial charge in [0.05, 0.1) is 12.9 Å². The van der Waals surface area contributed by atoms with Gasteiger partial charge < -0.3 is 42.6 Å². The SMILES string of the molecule is CC(=O)N[C@H]1CSSC[C@@H](C(N)=O)NC(=O)CNC(=O)C(C(C)C)NC(=O)[C@H](Cc2cnc[nH]2)NC(=O)[C@H](C)NC1=O. The second-order valence-electron chi connectivity index (χ2n) is 9.87. The van der Waals surface area contributed by atoms with Crippen LogP contribution in [0.5, 0.6) is 0 Å². The van der Waals surface area contributed by atoms with Crippen molar-refractivity contribution in [2.45, 2.75) is 64.3 Å². The summed E-state index contributed by atoms with van der Waals surface area (Å²) in [4.78, 5) is 95.2. The van der Waals surface area contributed by atoms with Crippen molar-refractivity contribution < 1.29 is 33.6 Å². The van der Waals surface area contributed by atoms with Gasteiger partial charge in [-0.25, -0.2) is 4.98 Å². The lowest BCUT2D eigenvalue weighted by Crippen LogP contribution is -2.59. The van der Waals surface area contributed by atoms with Gasteiger partial charge in [-0.1, -0.05) is 35.4 Å². The predicted molar refractivity (Wildman–Crippen MR) is 155 cm³/mol. The molecule has 16 nitrogen and oxygen atoms in total. The van der Waals surface area contributed by atoms with E-state index in [0.29, 0.717) is 5.69 Å². The van der Waals surface area contributed by atoms with Crippen LogP contribution >= 0.6 is 21.6 Å². The fourth-order valence-electron chi connectivity index (χ4n) is 3.67. The number of primary amides is 1. The smallest absolute Gasteiger partial charge is 0.244 e. The van der Waals surface area contributed by atoms with Gasteiger partial charge in [-0.05, 0) is 12.8 Å². The molecule has 1 aliphatic heterocycles. The van der Waals surface area contributed by atoms with E-state index in [1.54, 1.807) is 13.8 Å². The largest absolute Gasteiger partial charge is 0.368 e. The highest BCUT2D eigenvalue weighted by molar-refractivity contribution is 8.76. The molecule has 1 saturated heterocycles. The van der Waals surface area contributed by atoms with Gasteiger partial charge in [0.1, 0.15) is 30.2 Å². The number of hydrogen-bond donors (Lipinski definition) is 8. The minimum Gasteiger partial charge on any atom is -0.368 e. The maximum atomic E-state index is 13.3. The molecule has 5 atom stereocenters. The van der Waals surface area contributed by atoms with E-state index in [4.69, 9.17) is 5.73 Å². The Morgan fingerprint density at radius 2 is 1.69 bits per heavy atom. The molecule has 9 N–H and O–H groups in total. The summed E-state index contributed by atoms with van der Waals surface area (Å²) in [6, 6.07) is -5.47. The Labute approximate surface area is 250 Å². The highest BCUT2D eigenvalue weighted by Crippen LogP contribution is 2.23. The third-order valence-electron chi connectivity index (χ3n) is 5.96. The Balaban J connectivity index is 2.35. The standard InChI is InChI=1S/C24H37N9O7S2/c1-11(2)19-24(40)27-7-18(35)31-16(20(25)36)8-41-42-9-17(30-13(4)34)23(39)29-12(3)21(37)32-15(22(38)33-19)5-14-6-26-10-28-14/h6,10-12,15-17,19H,5,7-9H2,1-4H3,(H2,25,36)(H,26,28)(H,27,40)(H,29,39)(H,30,34)(H,31,35)(H,32,37)(H,33,38)/t12-,15-,16-,17-,19?/m0/s1. The lowest BCUT2D eigenvalue weighted by Gasteiger charge is -2.26. The van der Waals surface area contributed by atoms with E-state index in [0.717, 1.165) is 21.6 Å². The van der Waals surface area contributed by atoms with Crippen LogP contribution in [0.15, 0.2) is 12.5 Å². The Kier molecular flexibility index (Phi) is 13.6. The van der Waals surface area contributed by atoms with Gasteiger partial charge in [-0.2, -0.15) is 0 Å². The molecule has 2 heterocycles. The second-order valence-corrected chi connectivity index (χ2v) is 12.4. The number of aromatic amines is 1. The van der Waals surface area contributed by atoms with Crippen LogP contribution in [0, 0.1) is 5.92 Å². The molecule has 0 spiro atoms. The number of amides is 7. The number of H-pyrrole nitrogens is 1. The summed E-state index contributed by atoms with van der Waals surface area (Å²) in [5.41, 5.74) is 5.94. The first-order valence-electron chi connectivity index (χ1n) is 13.0. The van der Waals surface area contributed by atoms with Gasteiger partial charge >= 0.3 is 0 Å². The summed E-state index contributed by atoms with van der Waals surface area (Å²) in [6.07, 6.45) is 2.87. The molecule has 42 heavy (non-hydrogen) atoms. The topological polar surface area (TPSA) is 246 Å². The number of nitrogens with one attached hydrogen (secondary N) is 7. The second kappa shape index (κ2) is 16.6. The summed E-state index contributed by atoms with van der Waals surface area (Å²) >= 11 is 0. The zero-order chi connectivity index (χ0) is 31.4. The molecule has 2 rings (SSSR count). The summed E-state index contributed by atoms with van der Waals surface area (Å²) in [5.74, 6) is -4.97. The van der Waals surface area contributed by atoms with Crippen LogP contribution < -0.4 is 37.6 Å². The average Bonchev–Trinajstić information content (AvgIpc) is 3.42. The first-order valence-corrected chi connectivity index (χ1v) is 15.5. The van der Waals surface area contributed by atoms with E-state index < -0.39 is 84.0 Å². The van der Waals surface area contributed by atoms with Crippen LogP contribution in [-0.4, -0.2) is 99.6 Å². The van der Waals surface area contributed by atoms with E-state index in [-0.39, 0.29) is 17.9 Å². The molecule has 18 heteroatoms. The molecule has 1 aromatic heterocycles. The van der Waals surface area contributed by atoms with Crippen molar-refractivity contribution in [2.24, 2.45) is 11.7 Å². The van der Waals surface area contributed by atoms with E-state index in [2.05, 4.69) is 41.9 Å². The first-order chi connectivity index (χ1) is 19.8. The van der Waals surface area contributed by atoms with E-state index in [1.165, 1.54) is 26.4 Å². The molecule has 7 amide bonds. The molecular formula is C24H37N9O7S2. The van der Waals surface area contributed by atoms with Crippen LogP contribution in [0.1, 0.15) is 33.4 Å². The van der Waals surface area contributed by atoms with Gasteiger partial charge in [0.2, 0.25) is 41.4 Å². The van der Waals surface area contributed by atoms with Crippen molar-refractivity contribution in [1.82, 2.24) is 41.9 Å². The Morgan fingerprint density at radius 1 is 1.00 bits per heavy atom. The van der Waals surface area contributed by atoms with Gasteiger partial charge in [0.15, 0.2) is 0 Å². The van der Waals surface area contributed by atoms with Crippen LogP contribution in [0.2, 0.25) is 0 Å². The maximum absolute atomic E-state index is 13.3. The molecular weight excluding hydrogens is 590 g/mol. The molecule has 0 radical (unpaired) electrons. The van der Waals surface area contributed by atoms with E-state index >= 15 is 0 Å². The number of nitrogens with two attached hydrogens (primary N) is 1. The zero-order valence-corrected chi connectivity index (χ0v) is 25.3. The summed E-state index contributed by atoms with van der Waals surface area (Å²) in [6.45, 7) is 5.54. The molecule has 0 aliphatic carbocycles. The van der Waals surface area contributed by atoms with Crippen LogP contribution in [-0.2, 0) is 40.0 Å². The van der Waals surface area contributed by atoms with E-state index in [1.807, 2.05) is 0 Å². The number of hydrogen-bond acceptors (Lipinski definition) is 10. The number of carbonyl (C=O) groups is 7.